The van der Waals surface area contributed by atoms with E-state index in [9.17, 15) is 4.79 Å². The molecule has 0 atom stereocenters. The summed E-state index contributed by atoms with van der Waals surface area (Å²) in [5.41, 5.74) is 3.33. The standard InChI is InChI=1S/C24H36O3Si/c1-11-20-12-19-13-21(18(8)25)23(14-22(19)26-24(20,9)10)27-28(15(2)3,16(4)5)17(6)7/h11-17H,1H2,2-10H3. The Morgan fingerprint density at radius 2 is 1.64 bits per heavy atom. The summed E-state index contributed by atoms with van der Waals surface area (Å²) in [4.78, 5) is 12.5. The second-order valence-corrected chi connectivity index (χ2v) is 14.7. The van der Waals surface area contributed by atoms with Crippen molar-refractivity contribution in [2.75, 3.05) is 0 Å². The summed E-state index contributed by atoms with van der Waals surface area (Å²) in [6, 6.07) is 3.84. The lowest BCUT2D eigenvalue weighted by Gasteiger charge is -2.43. The first-order valence-electron chi connectivity index (χ1n) is 10.3. The lowest BCUT2D eigenvalue weighted by molar-refractivity contribution is 0.101. The van der Waals surface area contributed by atoms with E-state index in [2.05, 4.69) is 54.2 Å². The van der Waals surface area contributed by atoms with E-state index >= 15 is 0 Å². The highest BCUT2D eigenvalue weighted by atomic mass is 28.4. The van der Waals surface area contributed by atoms with Crippen LogP contribution in [-0.2, 0) is 0 Å². The van der Waals surface area contributed by atoms with Crippen molar-refractivity contribution in [1.29, 1.82) is 0 Å². The highest BCUT2D eigenvalue weighted by molar-refractivity contribution is 6.78. The average molecular weight is 401 g/mol. The fourth-order valence-electron chi connectivity index (χ4n) is 4.66. The minimum absolute atomic E-state index is 0.00959. The van der Waals surface area contributed by atoms with Crippen molar-refractivity contribution in [3.8, 4) is 11.5 Å². The molecule has 0 aliphatic carbocycles. The third-order valence-corrected chi connectivity index (χ3v) is 12.1. The van der Waals surface area contributed by atoms with Crippen LogP contribution in [0.5, 0.6) is 11.5 Å². The number of carbonyl (C=O) groups is 1. The summed E-state index contributed by atoms with van der Waals surface area (Å²) >= 11 is 0. The summed E-state index contributed by atoms with van der Waals surface area (Å²) in [5, 5.41) is 0. The lowest BCUT2D eigenvalue weighted by atomic mass is 9.91. The van der Waals surface area contributed by atoms with Gasteiger partial charge in [0.2, 0.25) is 0 Å². The summed E-state index contributed by atoms with van der Waals surface area (Å²) in [7, 11) is -2.19. The molecule has 1 heterocycles. The molecule has 0 saturated carbocycles. The van der Waals surface area contributed by atoms with Crippen LogP contribution in [0.2, 0.25) is 16.6 Å². The molecular weight excluding hydrogens is 364 g/mol. The molecule has 2 rings (SSSR count). The van der Waals surface area contributed by atoms with E-state index < -0.39 is 13.9 Å². The van der Waals surface area contributed by atoms with Crippen LogP contribution in [-0.4, -0.2) is 19.7 Å². The predicted octanol–water partition coefficient (Wildman–Crippen LogP) is 7.18. The molecule has 0 fully saturated rings. The number of benzene rings is 1. The van der Waals surface area contributed by atoms with Crippen LogP contribution in [0.3, 0.4) is 0 Å². The van der Waals surface area contributed by atoms with Gasteiger partial charge in [-0.2, -0.15) is 0 Å². The molecule has 4 heteroatoms. The van der Waals surface area contributed by atoms with Gasteiger partial charge in [0.1, 0.15) is 17.1 Å². The summed E-state index contributed by atoms with van der Waals surface area (Å²) in [6.45, 7) is 23.0. The van der Waals surface area contributed by atoms with E-state index in [1.54, 1.807) is 6.92 Å². The smallest absolute Gasteiger partial charge is 0.258 e. The van der Waals surface area contributed by atoms with E-state index in [1.165, 1.54) is 0 Å². The molecule has 0 amide bonds. The fourth-order valence-corrected chi connectivity index (χ4v) is 9.92. The Morgan fingerprint density at radius 1 is 1.11 bits per heavy atom. The van der Waals surface area contributed by atoms with Crippen LogP contribution in [0, 0.1) is 0 Å². The Kier molecular flexibility index (Phi) is 6.34. The van der Waals surface area contributed by atoms with Crippen LogP contribution in [0.1, 0.15) is 78.2 Å². The molecular formula is C24H36O3Si. The zero-order valence-corrected chi connectivity index (χ0v) is 20.0. The fraction of sp³-hybridized carbons (Fsp3) is 0.542. The van der Waals surface area contributed by atoms with E-state index in [1.807, 2.05) is 32.1 Å². The number of ether oxygens (including phenoxy) is 1. The van der Waals surface area contributed by atoms with Crippen LogP contribution < -0.4 is 9.16 Å². The molecule has 1 aromatic carbocycles. The van der Waals surface area contributed by atoms with Crippen molar-refractivity contribution in [3.05, 3.63) is 41.5 Å². The zero-order valence-electron chi connectivity index (χ0n) is 19.0. The molecule has 0 bridgehead atoms. The summed E-state index contributed by atoms with van der Waals surface area (Å²) in [6.07, 6.45) is 3.87. The van der Waals surface area contributed by atoms with Crippen molar-refractivity contribution in [1.82, 2.24) is 0 Å². The largest absolute Gasteiger partial charge is 0.542 e. The molecule has 0 spiro atoms. The Balaban J connectivity index is 2.68. The van der Waals surface area contributed by atoms with Crippen molar-refractivity contribution in [2.45, 2.75) is 84.5 Å². The summed E-state index contributed by atoms with van der Waals surface area (Å²) < 4.78 is 13.1. The summed E-state index contributed by atoms with van der Waals surface area (Å²) in [5.74, 6) is 1.44. The molecule has 154 valence electrons. The number of carbonyl (C=O) groups excluding carboxylic acids is 1. The molecule has 1 aromatic rings. The van der Waals surface area contributed by atoms with E-state index in [0.717, 1.165) is 16.9 Å². The molecule has 0 saturated heterocycles. The van der Waals surface area contributed by atoms with Gasteiger partial charge in [-0.1, -0.05) is 54.2 Å². The number of hydrogen-bond acceptors (Lipinski definition) is 3. The third-order valence-electron chi connectivity index (χ3n) is 6.08. The van der Waals surface area contributed by atoms with E-state index in [0.29, 0.717) is 27.9 Å². The van der Waals surface area contributed by atoms with E-state index in [-0.39, 0.29) is 5.78 Å². The number of Topliss-reactive ketones (excluding diaryl/α,β-unsaturated/α-hetero) is 1. The van der Waals surface area contributed by atoms with Crippen molar-refractivity contribution in [3.63, 3.8) is 0 Å². The molecule has 3 nitrogen and oxygen atoms in total. The number of hydrogen-bond donors (Lipinski definition) is 0. The third kappa shape index (κ3) is 3.84. The Bertz CT molecular complexity index is 779. The number of rotatable bonds is 7. The van der Waals surface area contributed by atoms with Gasteiger partial charge in [0, 0.05) is 11.6 Å². The normalized spacial score (nSPS) is 15.9. The first-order chi connectivity index (χ1) is 12.9. The van der Waals surface area contributed by atoms with Gasteiger partial charge >= 0.3 is 0 Å². The number of fused-ring (bicyclic) bond motifs is 1. The maximum Gasteiger partial charge on any atom is 0.258 e. The zero-order chi connectivity index (χ0) is 21.4. The van der Waals surface area contributed by atoms with E-state index in [4.69, 9.17) is 9.16 Å². The van der Waals surface area contributed by atoms with Gasteiger partial charge in [-0.15, -0.1) is 0 Å². The second kappa shape index (κ2) is 7.90. The van der Waals surface area contributed by atoms with Gasteiger partial charge in [-0.25, -0.2) is 0 Å². The monoisotopic (exact) mass is 400 g/mol. The lowest BCUT2D eigenvalue weighted by Crippen LogP contribution is -2.51. The Labute approximate surface area is 172 Å². The Morgan fingerprint density at radius 3 is 2.07 bits per heavy atom. The molecule has 1 aliphatic rings. The predicted molar refractivity (Wildman–Crippen MR) is 121 cm³/mol. The van der Waals surface area contributed by atoms with Crippen molar-refractivity contribution < 1.29 is 14.0 Å². The van der Waals surface area contributed by atoms with Gasteiger partial charge in [-0.05, 0) is 55.1 Å². The van der Waals surface area contributed by atoms with Crippen LogP contribution >= 0.6 is 0 Å². The van der Waals surface area contributed by atoms with Gasteiger partial charge < -0.3 is 9.16 Å². The quantitative estimate of drug-likeness (QED) is 0.359. The van der Waals surface area contributed by atoms with Gasteiger partial charge in [0.15, 0.2) is 5.78 Å². The first-order valence-corrected chi connectivity index (χ1v) is 12.4. The molecule has 0 unspecified atom stereocenters. The SMILES string of the molecule is C=CC1=Cc2cc(C(C)=O)c(O[Si](C(C)C)(C(C)C)C(C)C)cc2OC1(C)C. The highest BCUT2D eigenvalue weighted by Crippen LogP contribution is 2.46. The second-order valence-electron chi connectivity index (χ2n) is 9.28. The minimum atomic E-state index is -2.19. The molecule has 0 N–H and O–H groups in total. The molecule has 0 aromatic heterocycles. The number of ketones is 1. The molecule has 1 aliphatic heterocycles. The maximum absolute atomic E-state index is 12.5. The molecule has 28 heavy (non-hydrogen) atoms. The first kappa shape index (κ1) is 22.5. The van der Waals surface area contributed by atoms with Crippen LogP contribution in [0.4, 0.5) is 0 Å². The van der Waals surface area contributed by atoms with Crippen LogP contribution in [0.25, 0.3) is 6.08 Å². The topological polar surface area (TPSA) is 35.5 Å². The van der Waals surface area contributed by atoms with Crippen molar-refractivity contribution in [2.24, 2.45) is 0 Å². The minimum Gasteiger partial charge on any atom is -0.542 e. The Hall–Kier alpha value is -1.81. The average Bonchev–Trinajstić information content (AvgIpc) is 2.56. The van der Waals surface area contributed by atoms with Gasteiger partial charge in [0.25, 0.3) is 8.32 Å². The van der Waals surface area contributed by atoms with Crippen LogP contribution in [0.15, 0.2) is 30.4 Å². The molecule has 0 radical (unpaired) electrons. The van der Waals surface area contributed by atoms with Gasteiger partial charge in [0.05, 0.1) is 5.56 Å². The maximum atomic E-state index is 12.5. The van der Waals surface area contributed by atoms with Crippen molar-refractivity contribution >= 4 is 20.2 Å². The van der Waals surface area contributed by atoms with Gasteiger partial charge in [-0.3, -0.25) is 4.79 Å². The highest BCUT2D eigenvalue weighted by Gasteiger charge is 2.47.